The van der Waals surface area contributed by atoms with Crippen LogP contribution in [0.4, 0.5) is 8.78 Å². The smallest absolute Gasteiger partial charge is 0.114 e. The van der Waals surface area contributed by atoms with Gasteiger partial charge in [-0.05, 0) is 26.4 Å². The van der Waals surface area contributed by atoms with Gasteiger partial charge in [-0.1, -0.05) is 0 Å². The van der Waals surface area contributed by atoms with Gasteiger partial charge >= 0.3 is 0 Å². The van der Waals surface area contributed by atoms with E-state index in [2.05, 4.69) is 5.32 Å². The lowest BCUT2D eigenvalue weighted by Gasteiger charge is -2.17. The molecule has 1 saturated heterocycles. The van der Waals surface area contributed by atoms with Crippen LogP contribution < -0.4 is 5.32 Å². The molecule has 2 atom stereocenters. The van der Waals surface area contributed by atoms with Crippen LogP contribution in [0.3, 0.4) is 0 Å². The van der Waals surface area contributed by atoms with E-state index in [1.165, 1.54) is 0 Å². The quantitative estimate of drug-likeness (QED) is 0.698. The van der Waals surface area contributed by atoms with Crippen molar-refractivity contribution in [2.45, 2.75) is 25.1 Å². The van der Waals surface area contributed by atoms with Crippen molar-refractivity contribution in [3.8, 4) is 0 Å². The first-order chi connectivity index (χ1) is 6.22. The van der Waals surface area contributed by atoms with E-state index >= 15 is 0 Å². The van der Waals surface area contributed by atoms with E-state index in [0.717, 1.165) is 13.0 Å². The first-order valence-corrected chi connectivity index (χ1v) is 4.84. The highest BCUT2D eigenvalue weighted by Gasteiger charge is 2.22. The Balaban J connectivity index is 2.05. The Bertz CT molecular complexity index is 144. The molecule has 1 fully saturated rings. The lowest BCUT2D eigenvalue weighted by atomic mass is 10.1. The summed E-state index contributed by atoms with van der Waals surface area (Å²) in [7, 11) is 1.89. The summed E-state index contributed by atoms with van der Waals surface area (Å²) >= 11 is 0. The van der Waals surface area contributed by atoms with Gasteiger partial charge in [0.1, 0.15) is 12.8 Å². The molecule has 0 aromatic carbocycles. The Kier molecular flexibility index (Phi) is 4.59. The first-order valence-electron chi connectivity index (χ1n) is 4.84. The van der Waals surface area contributed by atoms with Gasteiger partial charge in [0, 0.05) is 19.1 Å². The molecular formula is C9H18F2N2. The summed E-state index contributed by atoms with van der Waals surface area (Å²) in [5.41, 5.74) is 0. The summed E-state index contributed by atoms with van der Waals surface area (Å²) in [6.07, 6.45) is 0.844. The molecule has 0 aromatic heterocycles. The third kappa shape index (κ3) is 4.00. The lowest BCUT2D eigenvalue weighted by molar-refractivity contribution is 0.278. The molecule has 0 bridgehead atoms. The van der Waals surface area contributed by atoms with Crippen molar-refractivity contribution in [3.05, 3.63) is 0 Å². The van der Waals surface area contributed by atoms with Crippen LogP contribution in [-0.2, 0) is 0 Å². The average molecular weight is 192 g/mol. The molecule has 1 heterocycles. The zero-order chi connectivity index (χ0) is 9.68. The standard InChI is InChI=1S/C9H18F2N2/c1-13(5-3-10)4-2-9-6-8(11)7-12-9/h8-9,12H,2-7H2,1H3. The van der Waals surface area contributed by atoms with Crippen LogP contribution in [0.5, 0.6) is 0 Å². The number of nitrogens with zero attached hydrogens (tertiary/aromatic N) is 1. The fourth-order valence-electron chi connectivity index (χ4n) is 1.62. The topological polar surface area (TPSA) is 15.3 Å². The van der Waals surface area contributed by atoms with Crippen molar-refractivity contribution in [3.63, 3.8) is 0 Å². The maximum absolute atomic E-state index is 12.7. The van der Waals surface area contributed by atoms with Crippen molar-refractivity contribution in [1.82, 2.24) is 10.2 Å². The Morgan fingerprint density at radius 1 is 1.46 bits per heavy atom. The van der Waals surface area contributed by atoms with Gasteiger partial charge in [-0.2, -0.15) is 0 Å². The van der Waals surface area contributed by atoms with Crippen molar-refractivity contribution in [2.24, 2.45) is 0 Å². The SMILES string of the molecule is CN(CCF)CCC1CC(F)CN1. The molecule has 1 N–H and O–H groups in total. The molecule has 0 amide bonds. The third-order valence-corrected chi connectivity index (χ3v) is 2.49. The van der Waals surface area contributed by atoms with E-state index in [1.54, 1.807) is 0 Å². The van der Waals surface area contributed by atoms with E-state index in [4.69, 9.17) is 0 Å². The highest BCUT2D eigenvalue weighted by Crippen LogP contribution is 2.12. The monoisotopic (exact) mass is 192 g/mol. The number of nitrogens with one attached hydrogen (secondary N) is 1. The van der Waals surface area contributed by atoms with E-state index in [-0.39, 0.29) is 12.7 Å². The minimum Gasteiger partial charge on any atom is -0.311 e. The highest BCUT2D eigenvalue weighted by molar-refractivity contribution is 4.81. The molecule has 1 aliphatic rings. The molecule has 0 saturated carbocycles. The van der Waals surface area contributed by atoms with Gasteiger partial charge in [0.2, 0.25) is 0 Å². The van der Waals surface area contributed by atoms with Crippen LogP contribution in [0, 0.1) is 0 Å². The normalized spacial score (nSPS) is 28.6. The lowest BCUT2D eigenvalue weighted by Crippen LogP contribution is -2.29. The largest absolute Gasteiger partial charge is 0.311 e. The van der Waals surface area contributed by atoms with Crippen LogP contribution in [0.15, 0.2) is 0 Å². The molecule has 0 aliphatic carbocycles. The Morgan fingerprint density at radius 2 is 2.23 bits per heavy atom. The van der Waals surface area contributed by atoms with Crippen molar-refractivity contribution in [1.29, 1.82) is 0 Å². The van der Waals surface area contributed by atoms with E-state index in [1.807, 2.05) is 11.9 Å². The molecule has 1 aliphatic heterocycles. The Labute approximate surface area is 78.3 Å². The first kappa shape index (κ1) is 10.9. The van der Waals surface area contributed by atoms with Crippen LogP contribution in [-0.4, -0.2) is 50.5 Å². The zero-order valence-electron chi connectivity index (χ0n) is 8.10. The van der Waals surface area contributed by atoms with E-state index in [9.17, 15) is 8.78 Å². The molecule has 0 spiro atoms. The molecule has 0 aromatic rings. The maximum Gasteiger partial charge on any atom is 0.114 e. The van der Waals surface area contributed by atoms with Gasteiger partial charge in [-0.25, -0.2) is 8.78 Å². The molecule has 78 valence electrons. The second-order valence-corrected chi connectivity index (χ2v) is 3.72. The zero-order valence-corrected chi connectivity index (χ0v) is 8.10. The Morgan fingerprint density at radius 3 is 2.77 bits per heavy atom. The number of halogens is 2. The minimum atomic E-state index is -0.684. The van der Waals surface area contributed by atoms with Gasteiger partial charge < -0.3 is 10.2 Å². The summed E-state index contributed by atoms with van der Waals surface area (Å²) in [6, 6.07) is 0.289. The fourth-order valence-corrected chi connectivity index (χ4v) is 1.62. The van der Waals surface area contributed by atoms with Crippen LogP contribution >= 0.6 is 0 Å². The number of rotatable bonds is 5. The summed E-state index contributed by atoms with van der Waals surface area (Å²) in [4.78, 5) is 1.94. The average Bonchev–Trinajstić information content (AvgIpc) is 2.49. The summed E-state index contributed by atoms with van der Waals surface area (Å²) in [6.45, 7) is 1.50. The van der Waals surface area contributed by atoms with Gasteiger partial charge in [0.15, 0.2) is 0 Å². The van der Waals surface area contributed by atoms with Gasteiger partial charge in [-0.15, -0.1) is 0 Å². The van der Waals surface area contributed by atoms with Crippen molar-refractivity contribution in [2.75, 3.05) is 33.4 Å². The summed E-state index contributed by atoms with van der Waals surface area (Å²) in [5.74, 6) is 0. The van der Waals surface area contributed by atoms with Crippen LogP contribution in [0.1, 0.15) is 12.8 Å². The van der Waals surface area contributed by atoms with Crippen LogP contribution in [0.2, 0.25) is 0 Å². The maximum atomic E-state index is 12.7. The predicted molar refractivity (Wildman–Crippen MR) is 49.4 cm³/mol. The highest BCUT2D eigenvalue weighted by atomic mass is 19.1. The van der Waals surface area contributed by atoms with E-state index < -0.39 is 6.17 Å². The van der Waals surface area contributed by atoms with Gasteiger partial charge in [0.05, 0.1) is 0 Å². The second kappa shape index (κ2) is 5.50. The number of alkyl halides is 2. The Hall–Kier alpha value is -0.220. The molecule has 4 heteroatoms. The molecule has 1 rings (SSSR count). The molecule has 2 unspecified atom stereocenters. The van der Waals surface area contributed by atoms with Crippen molar-refractivity contribution < 1.29 is 8.78 Å². The molecule has 2 nitrogen and oxygen atoms in total. The summed E-state index contributed by atoms with van der Waals surface area (Å²) < 4.78 is 24.6. The minimum absolute atomic E-state index is 0.289. The fraction of sp³-hybridized carbons (Fsp3) is 1.00. The van der Waals surface area contributed by atoms with E-state index in [0.29, 0.717) is 19.5 Å². The van der Waals surface area contributed by atoms with Crippen LogP contribution in [0.25, 0.3) is 0 Å². The van der Waals surface area contributed by atoms with Gasteiger partial charge in [-0.3, -0.25) is 0 Å². The summed E-state index contributed by atoms with van der Waals surface area (Å²) in [5, 5.41) is 3.11. The molecular weight excluding hydrogens is 174 g/mol. The number of hydrogen-bond acceptors (Lipinski definition) is 2. The van der Waals surface area contributed by atoms with Gasteiger partial charge in [0.25, 0.3) is 0 Å². The van der Waals surface area contributed by atoms with Crippen molar-refractivity contribution >= 4 is 0 Å². The molecule has 0 radical (unpaired) electrons. The molecule has 13 heavy (non-hydrogen) atoms. The second-order valence-electron chi connectivity index (χ2n) is 3.72. The third-order valence-electron chi connectivity index (χ3n) is 2.49. The predicted octanol–water partition coefficient (Wildman–Crippen LogP) is 0.978. The number of hydrogen-bond donors (Lipinski definition) is 1.